The van der Waals surface area contributed by atoms with Gasteiger partial charge < -0.3 is 10.2 Å². The molecule has 1 aliphatic rings. The van der Waals surface area contributed by atoms with E-state index in [9.17, 15) is 4.79 Å². The number of carbonyl (C=O) groups is 1. The minimum atomic E-state index is -0.0294. The second-order valence-corrected chi connectivity index (χ2v) is 8.41. The molecule has 0 fully saturated rings. The van der Waals surface area contributed by atoms with Gasteiger partial charge in [-0.05, 0) is 74.1 Å². The van der Waals surface area contributed by atoms with Crippen molar-refractivity contribution in [2.24, 2.45) is 0 Å². The number of hydrogen-bond donors (Lipinski definition) is 1. The van der Waals surface area contributed by atoms with Gasteiger partial charge in [-0.15, -0.1) is 0 Å². The number of para-hydroxylation sites is 1. The molecule has 0 bridgehead atoms. The summed E-state index contributed by atoms with van der Waals surface area (Å²) in [5.41, 5.74) is 8.28. The maximum atomic E-state index is 12.8. The molecule has 4 rings (SSSR count). The molecule has 154 valence electrons. The summed E-state index contributed by atoms with van der Waals surface area (Å²) in [5.74, 6) is -0.0294. The van der Waals surface area contributed by atoms with Crippen LogP contribution in [0.1, 0.15) is 57.6 Å². The molecule has 3 heteroatoms. The molecule has 0 aromatic heterocycles. The maximum Gasteiger partial charge on any atom is 0.251 e. The Kier molecular flexibility index (Phi) is 5.89. The topological polar surface area (TPSA) is 32.3 Å². The molecule has 1 N–H and O–H groups in total. The summed E-state index contributed by atoms with van der Waals surface area (Å²) in [5, 5.41) is 3.15. The number of benzene rings is 3. The van der Waals surface area contributed by atoms with E-state index in [0.29, 0.717) is 5.56 Å². The van der Waals surface area contributed by atoms with Gasteiger partial charge in [0.2, 0.25) is 0 Å². The maximum absolute atomic E-state index is 12.8. The summed E-state index contributed by atoms with van der Waals surface area (Å²) in [4.78, 5) is 15.2. The Morgan fingerprint density at radius 3 is 2.60 bits per heavy atom. The van der Waals surface area contributed by atoms with Crippen LogP contribution in [0, 0.1) is 13.8 Å². The van der Waals surface area contributed by atoms with Crippen molar-refractivity contribution < 1.29 is 4.79 Å². The molecule has 1 heterocycles. The normalized spacial score (nSPS) is 14.2. The highest BCUT2D eigenvalue weighted by molar-refractivity contribution is 5.94. The zero-order valence-electron chi connectivity index (χ0n) is 18.1. The lowest BCUT2D eigenvalue weighted by atomic mass is 9.99. The van der Waals surface area contributed by atoms with Gasteiger partial charge in [0.05, 0.1) is 6.04 Å². The first-order valence-electron chi connectivity index (χ1n) is 10.8. The highest BCUT2D eigenvalue weighted by atomic mass is 16.1. The zero-order chi connectivity index (χ0) is 21.1. The van der Waals surface area contributed by atoms with Crippen molar-refractivity contribution in [2.75, 3.05) is 11.4 Å². The minimum Gasteiger partial charge on any atom is -0.367 e. The number of nitrogens with one attached hydrogen (secondary N) is 1. The summed E-state index contributed by atoms with van der Waals surface area (Å²) in [6, 6.07) is 23.1. The van der Waals surface area contributed by atoms with Crippen LogP contribution in [0.2, 0.25) is 0 Å². The van der Waals surface area contributed by atoms with E-state index in [4.69, 9.17) is 0 Å². The van der Waals surface area contributed by atoms with Crippen LogP contribution in [0.15, 0.2) is 66.7 Å². The van der Waals surface area contributed by atoms with Gasteiger partial charge in [-0.25, -0.2) is 0 Å². The molecule has 3 aromatic carbocycles. The standard InChI is InChI=1S/C27H30N2O/c1-19-10-11-20(2)25(17-19)21(3)28-27(30)24-14-12-22(13-15-24)18-29-16-6-8-23-7-4-5-9-26(23)29/h4-5,7,9-15,17,21H,6,8,16,18H2,1-3H3,(H,28,30)/t21-/m0/s1. The smallest absolute Gasteiger partial charge is 0.251 e. The van der Waals surface area contributed by atoms with Gasteiger partial charge in [-0.1, -0.05) is 54.1 Å². The second kappa shape index (κ2) is 8.74. The SMILES string of the molecule is Cc1ccc(C)c([C@H](C)NC(=O)c2ccc(CN3CCCc4ccccc43)cc2)c1. The van der Waals surface area contributed by atoms with Crippen LogP contribution in [-0.2, 0) is 13.0 Å². The van der Waals surface area contributed by atoms with E-state index in [1.807, 2.05) is 19.1 Å². The number of fused-ring (bicyclic) bond motifs is 1. The molecule has 3 aromatic rings. The van der Waals surface area contributed by atoms with E-state index in [2.05, 4.69) is 78.7 Å². The highest BCUT2D eigenvalue weighted by Gasteiger charge is 2.17. The summed E-state index contributed by atoms with van der Waals surface area (Å²) in [7, 11) is 0. The van der Waals surface area contributed by atoms with Crippen molar-refractivity contribution in [1.82, 2.24) is 5.32 Å². The average Bonchev–Trinajstić information content (AvgIpc) is 2.76. The van der Waals surface area contributed by atoms with Crippen molar-refractivity contribution in [1.29, 1.82) is 0 Å². The van der Waals surface area contributed by atoms with Crippen LogP contribution >= 0.6 is 0 Å². The van der Waals surface area contributed by atoms with E-state index in [0.717, 1.165) is 19.5 Å². The third-order valence-corrected chi connectivity index (χ3v) is 6.04. The number of rotatable bonds is 5. The molecule has 1 atom stereocenters. The fourth-order valence-corrected chi connectivity index (χ4v) is 4.34. The van der Waals surface area contributed by atoms with Crippen LogP contribution in [0.5, 0.6) is 0 Å². The van der Waals surface area contributed by atoms with E-state index >= 15 is 0 Å². The van der Waals surface area contributed by atoms with E-state index in [-0.39, 0.29) is 11.9 Å². The Bertz CT molecular complexity index is 1040. The van der Waals surface area contributed by atoms with Crippen molar-refractivity contribution in [2.45, 2.75) is 46.2 Å². The molecule has 0 aliphatic carbocycles. The van der Waals surface area contributed by atoms with Crippen LogP contribution in [0.25, 0.3) is 0 Å². The molecule has 30 heavy (non-hydrogen) atoms. The first-order valence-corrected chi connectivity index (χ1v) is 10.8. The van der Waals surface area contributed by atoms with Crippen LogP contribution in [0.4, 0.5) is 5.69 Å². The molecular weight excluding hydrogens is 368 g/mol. The predicted octanol–water partition coefficient (Wildman–Crippen LogP) is 5.75. The van der Waals surface area contributed by atoms with Gasteiger partial charge in [-0.3, -0.25) is 4.79 Å². The van der Waals surface area contributed by atoms with Gasteiger partial charge >= 0.3 is 0 Å². The fraction of sp³-hybridized carbons (Fsp3) is 0.296. The van der Waals surface area contributed by atoms with Gasteiger partial charge in [0.25, 0.3) is 5.91 Å². The van der Waals surface area contributed by atoms with Crippen molar-refractivity contribution in [3.8, 4) is 0 Å². The molecule has 0 saturated heterocycles. The second-order valence-electron chi connectivity index (χ2n) is 8.41. The Hall–Kier alpha value is -3.07. The monoisotopic (exact) mass is 398 g/mol. The molecule has 1 amide bonds. The quantitative estimate of drug-likeness (QED) is 0.594. The Balaban J connectivity index is 1.42. The number of aryl methyl sites for hydroxylation is 3. The van der Waals surface area contributed by atoms with E-state index in [1.165, 1.54) is 39.9 Å². The lowest BCUT2D eigenvalue weighted by Crippen LogP contribution is -2.29. The molecule has 3 nitrogen and oxygen atoms in total. The molecule has 0 radical (unpaired) electrons. The Morgan fingerprint density at radius 2 is 1.80 bits per heavy atom. The van der Waals surface area contributed by atoms with Gasteiger partial charge in [0.1, 0.15) is 0 Å². The van der Waals surface area contributed by atoms with Crippen molar-refractivity contribution in [3.05, 3.63) is 100 Å². The summed E-state index contributed by atoms with van der Waals surface area (Å²) in [6.07, 6.45) is 2.35. The minimum absolute atomic E-state index is 0.0260. The summed E-state index contributed by atoms with van der Waals surface area (Å²) >= 11 is 0. The van der Waals surface area contributed by atoms with Crippen LogP contribution in [-0.4, -0.2) is 12.5 Å². The largest absolute Gasteiger partial charge is 0.367 e. The number of anilines is 1. The van der Waals surface area contributed by atoms with E-state index < -0.39 is 0 Å². The molecule has 1 aliphatic heterocycles. The van der Waals surface area contributed by atoms with Gasteiger partial charge in [0, 0.05) is 24.3 Å². The lowest BCUT2D eigenvalue weighted by Gasteiger charge is -2.31. The molecule has 0 saturated carbocycles. The van der Waals surface area contributed by atoms with Crippen molar-refractivity contribution >= 4 is 11.6 Å². The third kappa shape index (κ3) is 4.40. The number of hydrogen-bond acceptors (Lipinski definition) is 2. The molecule has 0 spiro atoms. The molecule has 0 unspecified atom stereocenters. The first kappa shape index (κ1) is 20.2. The highest BCUT2D eigenvalue weighted by Crippen LogP contribution is 2.28. The van der Waals surface area contributed by atoms with Gasteiger partial charge in [-0.2, -0.15) is 0 Å². The predicted molar refractivity (Wildman–Crippen MR) is 124 cm³/mol. The summed E-state index contributed by atoms with van der Waals surface area (Å²) < 4.78 is 0. The zero-order valence-corrected chi connectivity index (χ0v) is 18.1. The summed E-state index contributed by atoms with van der Waals surface area (Å²) in [6.45, 7) is 8.16. The van der Waals surface area contributed by atoms with E-state index in [1.54, 1.807) is 0 Å². The number of carbonyl (C=O) groups excluding carboxylic acids is 1. The Morgan fingerprint density at radius 1 is 1.03 bits per heavy atom. The van der Waals surface area contributed by atoms with Crippen molar-refractivity contribution in [3.63, 3.8) is 0 Å². The van der Waals surface area contributed by atoms with Gasteiger partial charge in [0.15, 0.2) is 0 Å². The molecular formula is C27H30N2O. The third-order valence-electron chi connectivity index (χ3n) is 6.04. The first-order chi connectivity index (χ1) is 14.5. The van der Waals surface area contributed by atoms with Crippen LogP contribution < -0.4 is 10.2 Å². The number of amides is 1. The lowest BCUT2D eigenvalue weighted by molar-refractivity contribution is 0.0940. The Labute approximate surface area is 179 Å². The van der Waals surface area contributed by atoms with Crippen LogP contribution in [0.3, 0.4) is 0 Å². The average molecular weight is 399 g/mol. The fourth-order valence-electron chi connectivity index (χ4n) is 4.34. The number of nitrogens with zero attached hydrogens (tertiary/aromatic N) is 1.